The van der Waals surface area contributed by atoms with Gasteiger partial charge in [0.1, 0.15) is 11.3 Å². The molecule has 0 atom stereocenters. The van der Waals surface area contributed by atoms with Crippen molar-refractivity contribution >= 4 is 32.4 Å². The molecular weight excluding hydrogens is 192 g/mol. The largest absolute Gasteiger partial charge is 0.461 e. The van der Waals surface area contributed by atoms with Gasteiger partial charge < -0.3 is 4.42 Å². The van der Waals surface area contributed by atoms with E-state index in [0.717, 1.165) is 11.3 Å². The van der Waals surface area contributed by atoms with Crippen LogP contribution in [-0.4, -0.2) is 0 Å². The fraction of sp³-hybridized carbons (Fsp3) is 0.167. The number of rotatable bonds is 0. The summed E-state index contributed by atoms with van der Waals surface area (Å²) in [5, 5.41) is 2.56. The predicted molar refractivity (Wildman–Crippen MR) is 61.1 cm³/mol. The summed E-state index contributed by atoms with van der Waals surface area (Å²) in [6, 6.07) is 8.54. The number of benzene rings is 1. The maximum atomic E-state index is 5.59. The highest BCUT2D eigenvalue weighted by Crippen LogP contribution is 2.33. The molecule has 1 aromatic carbocycles. The number of aryl methyl sites for hydroxylation is 2. The second-order valence-corrected chi connectivity index (χ2v) is 4.89. The molecule has 0 amide bonds. The van der Waals surface area contributed by atoms with Gasteiger partial charge in [0.05, 0.1) is 0 Å². The van der Waals surface area contributed by atoms with Crippen molar-refractivity contribution in [2.75, 3.05) is 0 Å². The quantitative estimate of drug-likeness (QED) is 0.530. The smallest absolute Gasteiger partial charge is 0.134 e. The fourth-order valence-electron chi connectivity index (χ4n) is 1.88. The molecule has 0 aliphatic carbocycles. The van der Waals surface area contributed by atoms with Crippen LogP contribution in [0.1, 0.15) is 10.6 Å². The average Bonchev–Trinajstić information content (AvgIpc) is 2.65. The van der Waals surface area contributed by atoms with Gasteiger partial charge in [0.15, 0.2) is 0 Å². The van der Waals surface area contributed by atoms with E-state index in [0.29, 0.717) is 0 Å². The van der Waals surface area contributed by atoms with Crippen molar-refractivity contribution in [3.8, 4) is 0 Å². The lowest BCUT2D eigenvalue weighted by atomic mass is 10.2. The van der Waals surface area contributed by atoms with Crippen LogP contribution in [0.15, 0.2) is 28.7 Å². The van der Waals surface area contributed by atoms with Crippen LogP contribution in [0.25, 0.3) is 21.1 Å². The van der Waals surface area contributed by atoms with E-state index in [1.54, 1.807) is 0 Å². The van der Waals surface area contributed by atoms with Crippen LogP contribution in [0.3, 0.4) is 0 Å². The van der Waals surface area contributed by atoms with Crippen molar-refractivity contribution in [1.29, 1.82) is 0 Å². The van der Waals surface area contributed by atoms with Crippen LogP contribution in [0, 0.1) is 13.8 Å². The van der Waals surface area contributed by atoms with Crippen LogP contribution >= 0.6 is 11.3 Å². The van der Waals surface area contributed by atoms with Gasteiger partial charge >= 0.3 is 0 Å². The summed E-state index contributed by atoms with van der Waals surface area (Å²) in [6.45, 7) is 4.13. The third-order valence-electron chi connectivity index (χ3n) is 2.44. The number of furan rings is 1. The summed E-state index contributed by atoms with van der Waals surface area (Å²) in [5.74, 6) is 0.983. The molecule has 3 aromatic rings. The summed E-state index contributed by atoms with van der Waals surface area (Å²) >= 11 is 1.83. The van der Waals surface area contributed by atoms with E-state index in [9.17, 15) is 0 Å². The Labute approximate surface area is 86.0 Å². The zero-order valence-corrected chi connectivity index (χ0v) is 8.94. The van der Waals surface area contributed by atoms with E-state index < -0.39 is 0 Å². The van der Waals surface area contributed by atoms with Gasteiger partial charge in [0, 0.05) is 20.3 Å². The molecule has 1 nitrogen and oxygen atoms in total. The predicted octanol–water partition coefficient (Wildman–Crippen LogP) is 4.26. The van der Waals surface area contributed by atoms with Crippen LogP contribution in [-0.2, 0) is 0 Å². The topological polar surface area (TPSA) is 13.1 Å². The van der Waals surface area contributed by atoms with E-state index in [1.165, 1.54) is 20.3 Å². The second-order valence-electron chi connectivity index (χ2n) is 3.60. The van der Waals surface area contributed by atoms with Gasteiger partial charge in [0.2, 0.25) is 0 Å². The molecule has 2 heterocycles. The Hall–Kier alpha value is -1.28. The Morgan fingerprint density at radius 1 is 1.07 bits per heavy atom. The Morgan fingerprint density at radius 3 is 2.79 bits per heavy atom. The minimum Gasteiger partial charge on any atom is -0.461 e. The van der Waals surface area contributed by atoms with Gasteiger partial charge in [0.25, 0.3) is 0 Å². The number of thiophene rings is 1. The standard InChI is InChI=1S/C12H10OS/c1-7-5-9-10-6-8(2)14-12(10)4-3-11(9)13-7/h3-6H,1-2H3. The SMILES string of the molecule is Cc1cc2c(ccc3sc(C)cc32)o1. The first-order valence-electron chi connectivity index (χ1n) is 4.63. The van der Waals surface area contributed by atoms with Gasteiger partial charge in [-0.2, -0.15) is 0 Å². The zero-order chi connectivity index (χ0) is 9.71. The van der Waals surface area contributed by atoms with E-state index in [-0.39, 0.29) is 0 Å². The van der Waals surface area contributed by atoms with Gasteiger partial charge in [-0.05, 0) is 38.1 Å². The number of hydrogen-bond donors (Lipinski definition) is 0. The zero-order valence-electron chi connectivity index (χ0n) is 8.13. The Bertz CT molecular complexity index is 560. The molecule has 0 bridgehead atoms. The highest BCUT2D eigenvalue weighted by molar-refractivity contribution is 7.19. The number of fused-ring (bicyclic) bond motifs is 3. The van der Waals surface area contributed by atoms with Crippen molar-refractivity contribution in [3.05, 3.63) is 34.9 Å². The summed E-state index contributed by atoms with van der Waals surface area (Å²) in [7, 11) is 0. The molecule has 0 aliphatic heterocycles. The van der Waals surface area contributed by atoms with Crippen molar-refractivity contribution in [2.24, 2.45) is 0 Å². The lowest BCUT2D eigenvalue weighted by molar-refractivity contribution is 0.579. The van der Waals surface area contributed by atoms with Gasteiger partial charge in [-0.25, -0.2) is 0 Å². The second kappa shape index (κ2) is 2.61. The average molecular weight is 202 g/mol. The Balaban J connectivity index is 2.58. The summed E-state index contributed by atoms with van der Waals surface area (Å²) in [6.07, 6.45) is 0. The monoisotopic (exact) mass is 202 g/mol. The van der Waals surface area contributed by atoms with Crippen LogP contribution in [0.2, 0.25) is 0 Å². The molecule has 14 heavy (non-hydrogen) atoms. The van der Waals surface area contributed by atoms with E-state index in [1.807, 2.05) is 18.3 Å². The van der Waals surface area contributed by atoms with Crippen molar-refractivity contribution < 1.29 is 4.42 Å². The molecule has 0 saturated carbocycles. The molecule has 0 aliphatic rings. The Morgan fingerprint density at radius 2 is 1.93 bits per heavy atom. The van der Waals surface area contributed by atoms with E-state index in [4.69, 9.17) is 4.42 Å². The van der Waals surface area contributed by atoms with Crippen molar-refractivity contribution in [1.82, 2.24) is 0 Å². The lowest BCUT2D eigenvalue weighted by Gasteiger charge is -1.89. The molecule has 0 unspecified atom stereocenters. The molecule has 0 N–H and O–H groups in total. The molecule has 3 rings (SSSR count). The summed E-state index contributed by atoms with van der Waals surface area (Å²) < 4.78 is 6.93. The summed E-state index contributed by atoms with van der Waals surface area (Å²) in [5.41, 5.74) is 0.993. The highest BCUT2D eigenvalue weighted by atomic mass is 32.1. The molecule has 0 spiro atoms. The molecular formula is C12H10OS. The minimum atomic E-state index is 0.983. The molecule has 2 heteroatoms. The lowest BCUT2D eigenvalue weighted by Crippen LogP contribution is -1.64. The third-order valence-corrected chi connectivity index (χ3v) is 3.46. The summed E-state index contributed by atoms with van der Waals surface area (Å²) in [4.78, 5) is 1.35. The third kappa shape index (κ3) is 1.01. The highest BCUT2D eigenvalue weighted by Gasteiger charge is 2.06. The van der Waals surface area contributed by atoms with E-state index >= 15 is 0 Å². The van der Waals surface area contributed by atoms with Crippen LogP contribution < -0.4 is 0 Å². The van der Waals surface area contributed by atoms with Crippen molar-refractivity contribution in [2.45, 2.75) is 13.8 Å². The van der Waals surface area contributed by atoms with Gasteiger partial charge in [-0.3, -0.25) is 0 Å². The van der Waals surface area contributed by atoms with Gasteiger partial charge in [-0.15, -0.1) is 11.3 Å². The molecule has 2 aromatic heterocycles. The molecule has 70 valence electrons. The maximum Gasteiger partial charge on any atom is 0.134 e. The van der Waals surface area contributed by atoms with E-state index in [2.05, 4.69) is 31.2 Å². The Kier molecular flexibility index (Phi) is 1.50. The van der Waals surface area contributed by atoms with Crippen LogP contribution in [0.5, 0.6) is 0 Å². The van der Waals surface area contributed by atoms with Gasteiger partial charge in [-0.1, -0.05) is 0 Å². The molecule has 0 radical (unpaired) electrons. The number of hydrogen-bond acceptors (Lipinski definition) is 2. The first kappa shape index (κ1) is 8.06. The maximum absolute atomic E-state index is 5.59. The molecule has 0 saturated heterocycles. The first-order chi connectivity index (χ1) is 6.74. The normalized spacial score (nSPS) is 11.6. The van der Waals surface area contributed by atoms with Crippen molar-refractivity contribution in [3.63, 3.8) is 0 Å². The molecule has 0 fully saturated rings. The first-order valence-corrected chi connectivity index (χ1v) is 5.45. The van der Waals surface area contributed by atoms with Crippen LogP contribution in [0.4, 0.5) is 0 Å². The minimum absolute atomic E-state index is 0.983. The fourth-order valence-corrected chi connectivity index (χ4v) is 2.82.